The van der Waals surface area contributed by atoms with E-state index in [1.807, 2.05) is 57.2 Å². The maximum absolute atomic E-state index is 13.2. The van der Waals surface area contributed by atoms with Crippen molar-refractivity contribution in [3.8, 4) is 5.75 Å². The number of hydrogen-bond acceptors (Lipinski definition) is 3. The molecule has 3 rings (SSSR count). The molecule has 0 fully saturated rings. The Balaban J connectivity index is 2.01. The average Bonchev–Trinajstić information content (AvgIpc) is 2.62. The van der Waals surface area contributed by atoms with Crippen LogP contribution in [0, 0.1) is 0 Å². The second-order valence-electron chi connectivity index (χ2n) is 6.62. The van der Waals surface area contributed by atoms with Gasteiger partial charge < -0.3 is 15.4 Å². The van der Waals surface area contributed by atoms with E-state index in [0.29, 0.717) is 27.0 Å². The largest absolute Gasteiger partial charge is 0.489 e. The van der Waals surface area contributed by atoms with Crippen LogP contribution >= 0.6 is 23.8 Å². The molecule has 0 aromatic heterocycles. The molecule has 0 saturated heterocycles. The van der Waals surface area contributed by atoms with Crippen LogP contribution in [0.15, 0.2) is 59.8 Å². The van der Waals surface area contributed by atoms with E-state index in [0.717, 1.165) is 11.3 Å². The molecule has 1 aliphatic heterocycles. The first kappa shape index (κ1) is 19.4. The van der Waals surface area contributed by atoms with Gasteiger partial charge in [-0.1, -0.05) is 48.0 Å². The Kier molecular flexibility index (Phi) is 5.82. The molecule has 27 heavy (non-hydrogen) atoms. The zero-order valence-electron chi connectivity index (χ0n) is 15.4. The van der Waals surface area contributed by atoms with Crippen LogP contribution in [-0.2, 0) is 0 Å². The Labute approximate surface area is 169 Å². The zero-order chi connectivity index (χ0) is 19.6. The van der Waals surface area contributed by atoms with E-state index in [4.69, 9.17) is 28.6 Å². The van der Waals surface area contributed by atoms with Crippen molar-refractivity contribution in [1.29, 1.82) is 0 Å². The maximum Gasteiger partial charge on any atom is 0.193 e. The van der Waals surface area contributed by atoms with E-state index in [1.165, 1.54) is 0 Å². The minimum Gasteiger partial charge on any atom is -0.489 e. The van der Waals surface area contributed by atoms with Gasteiger partial charge in [0, 0.05) is 16.8 Å². The van der Waals surface area contributed by atoms with Gasteiger partial charge in [-0.05, 0) is 50.7 Å². The number of rotatable bonds is 5. The highest BCUT2D eigenvalue weighted by Crippen LogP contribution is 2.34. The third-order valence-electron chi connectivity index (χ3n) is 4.20. The summed E-state index contributed by atoms with van der Waals surface area (Å²) < 4.78 is 5.70. The second-order valence-corrected chi connectivity index (χ2v) is 7.44. The van der Waals surface area contributed by atoms with Crippen molar-refractivity contribution in [1.82, 2.24) is 10.6 Å². The lowest BCUT2D eigenvalue weighted by Crippen LogP contribution is -2.44. The topological polar surface area (TPSA) is 50.4 Å². The van der Waals surface area contributed by atoms with Gasteiger partial charge in [0.25, 0.3) is 0 Å². The van der Waals surface area contributed by atoms with Gasteiger partial charge >= 0.3 is 0 Å². The zero-order valence-corrected chi connectivity index (χ0v) is 16.9. The molecule has 2 aromatic rings. The molecular formula is C21H21ClN2O2S. The lowest BCUT2D eigenvalue weighted by molar-refractivity contribution is 0.102. The number of halogens is 1. The van der Waals surface area contributed by atoms with E-state index in [9.17, 15) is 4.79 Å². The number of nitrogens with one attached hydrogen (secondary N) is 2. The summed E-state index contributed by atoms with van der Waals surface area (Å²) in [5.41, 5.74) is 2.82. The SMILES string of the molecule is CC1=C(C(=O)c2ccccc2)C(c2ccc(OC(C)C)c(Cl)c2)NC(=S)N1. The monoisotopic (exact) mass is 400 g/mol. The molecule has 1 aliphatic rings. The Bertz CT molecular complexity index is 910. The van der Waals surface area contributed by atoms with Gasteiger partial charge in [0.2, 0.25) is 0 Å². The number of ketones is 1. The van der Waals surface area contributed by atoms with Gasteiger partial charge in [0.05, 0.1) is 17.2 Å². The first-order valence-electron chi connectivity index (χ1n) is 8.71. The Morgan fingerprint density at radius 3 is 2.52 bits per heavy atom. The number of allylic oxidation sites excluding steroid dienone is 1. The number of benzene rings is 2. The van der Waals surface area contributed by atoms with Crippen molar-refractivity contribution < 1.29 is 9.53 Å². The summed E-state index contributed by atoms with van der Waals surface area (Å²) in [5, 5.41) is 7.22. The van der Waals surface area contributed by atoms with E-state index in [2.05, 4.69) is 10.6 Å². The van der Waals surface area contributed by atoms with E-state index in [-0.39, 0.29) is 11.9 Å². The molecule has 2 aromatic carbocycles. The molecule has 0 saturated carbocycles. The third kappa shape index (κ3) is 4.31. The molecule has 0 spiro atoms. The minimum atomic E-state index is -0.392. The quantitative estimate of drug-likeness (QED) is 0.557. The molecule has 1 atom stereocenters. The molecule has 140 valence electrons. The maximum atomic E-state index is 13.2. The summed E-state index contributed by atoms with van der Waals surface area (Å²) in [5.74, 6) is 0.558. The lowest BCUT2D eigenvalue weighted by atomic mass is 9.89. The number of Topliss-reactive ketones (excluding diaryl/α,β-unsaturated/α-hetero) is 1. The fourth-order valence-corrected chi connectivity index (χ4v) is 3.54. The summed E-state index contributed by atoms with van der Waals surface area (Å²) in [6, 6.07) is 14.3. The van der Waals surface area contributed by atoms with Gasteiger partial charge in [0.15, 0.2) is 10.9 Å². The molecule has 0 radical (unpaired) electrons. The summed E-state index contributed by atoms with van der Waals surface area (Å²) in [4.78, 5) is 13.2. The average molecular weight is 401 g/mol. The lowest BCUT2D eigenvalue weighted by Gasteiger charge is -2.30. The highest BCUT2D eigenvalue weighted by molar-refractivity contribution is 7.80. The number of ether oxygens (including phenoxy) is 1. The van der Waals surface area contributed by atoms with Crippen LogP contribution in [0.4, 0.5) is 0 Å². The smallest absolute Gasteiger partial charge is 0.193 e. The fourth-order valence-electron chi connectivity index (χ4n) is 3.04. The Morgan fingerprint density at radius 2 is 1.89 bits per heavy atom. The Hall–Kier alpha value is -2.37. The molecule has 1 heterocycles. The molecular weight excluding hydrogens is 380 g/mol. The molecule has 2 N–H and O–H groups in total. The van der Waals surface area contributed by atoms with Crippen molar-refractivity contribution in [2.45, 2.75) is 32.9 Å². The fraction of sp³-hybridized carbons (Fsp3) is 0.238. The van der Waals surface area contributed by atoms with Crippen molar-refractivity contribution in [3.05, 3.63) is 76.0 Å². The summed E-state index contributed by atoms with van der Waals surface area (Å²) in [6.07, 6.45) is 0.0234. The van der Waals surface area contributed by atoms with Crippen LogP contribution in [0.2, 0.25) is 5.02 Å². The molecule has 4 nitrogen and oxygen atoms in total. The van der Waals surface area contributed by atoms with Crippen LogP contribution in [0.25, 0.3) is 0 Å². The minimum absolute atomic E-state index is 0.0234. The van der Waals surface area contributed by atoms with E-state index < -0.39 is 6.04 Å². The number of carbonyl (C=O) groups excluding carboxylic acids is 1. The molecule has 1 unspecified atom stereocenters. The highest BCUT2D eigenvalue weighted by atomic mass is 35.5. The van der Waals surface area contributed by atoms with Gasteiger partial charge in [-0.25, -0.2) is 0 Å². The van der Waals surface area contributed by atoms with Gasteiger partial charge in [0.1, 0.15) is 5.75 Å². The normalized spacial score (nSPS) is 16.8. The van der Waals surface area contributed by atoms with Crippen molar-refractivity contribution in [2.75, 3.05) is 0 Å². The predicted octanol–water partition coefficient (Wildman–Crippen LogP) is 4.80. The highest BCUT2D eigenvalue weighted by Gasteiger charge is 2.30. The molecule has 0 bridgehead atoms. The Morgan fingerprint density at radius 1 is 1.19 bits per heavy atom. The van der Waals surface area contributed by atoms with Crippen LogP contribution in [0.1, 0.15) is 42.7 Å². The van der Waals surface area contributed by atoms with Crippen LogP contribution in [-0.4, -0.2) is 17.0 Å². The second kappa shape index (κ2) is 8.11. The number of carbonyl (C=O) groups is 1. The molecule has 0 aliphatic carbocycles. The first-order valence-corrected chi connectivity index (χ1v) is 9.49. The standard InChI is InChI=1S/C21H21ClN2O2S/c1-12(2)26-17-10-9-15(11-16(17)22)19-18(13(3)23-21(27)24-19)20(25)14-7-5-4-6-8-14/h4-12,19H,1-3H3,(H2,23,24,27). The van der Waals surface area contributed by atoms with Gasteiger partial charge in [-0.15, -0.1) is 0 Å². The van der Waals surface area contributed by atoms with Crippen LogP contribution in [0.5, 0.6) is 5.75 Å². The first-order chi connectivity index (χ1) is 12.9. The van der Waals surface area contributed by atoms with Crippen molar-refractivity contribution in [2.24, 2.45) is 0 Å². The van der Waals surface area contributed by atoms with E-state index in [1.54, 1.807) is 12.1 Å². The van der Waals surface area contributed by atoms with Gasteiger partial charge in [-0.3, -0.25) is 4.79 Å². The summed E-state index contributed by atoms with van der Waals surface area (Å²) in [6.45, 7) is 5.74. The van der Waals surface area contributed by atoms with Crippen molar-refractivity contribution >= 4 is 34.7 Å². The third-order valence-corrected chi connectivity index (χ3v) is 4.72. The van der Waals surface area contributed by atoms with Crippen LogP contribution in [0.3, 0.4) is 0 Å². The van der Waals surface area contributed by atoms with Crippen LogP contribution < -0.4 is 15.4 Å². The molecule has 6 heteroatoms. The van der Waals surface area contributed by atoms with E-state index >= 15 is 0 Å². The predicted molar refractivity (Wildman–Crippen MR) is 112 cm³/mol. The summed E-state index contributed by atoms with van der Waals surface area (Å²) >= 11 is 11.7. The summed E-state index contributed by atoms with van der Waals surface area (Å²) in [7, 11) is 0. The molecule has 0 amide bonds. The van der Waals surface area contributed by atoms with Crippen molar-refractivity contribution in [3.63, 3.8) is 0 Å². The van der Waals surface area contributed by atoms with Gasteiger partial charge in [-0.2, -0.15) is 0 Å². The number of hydrogen-bond donors (Lipinski definition) is 2. The number of thiocarbonyl (C=S) groups is 1.